The normalized spacial score (nSPS) is 12.2. The minimum atomic E-state index is -1.01. The number of carboxylic acid groups (broad SMARTS) is 1. The Kier molecular flexibility index (Phi) is 5.51. The van der Waals surface area contributed by atoms with Crippen molar-refractivity contribution in [2.75, 3.05) is 19.0 Å². The largest absolute Gasteiger partial charge is 0.478 e. The molecular formula is C12H19N3O3. The molecule has 0 spiro atoms. The molecule has 0 aliphatic carbocycles. The molecule has 1 rings (SSSR count). The van der Waals surface area contributed by atoms with Crippen molar-refractivity contribution in [2.24, 2.45) is 0 Å². The first-order valence-electron chi connectivity index (χ1n) is 5.90. The van der Waals surface area contributed by atoms with Crippen molar-refractivity contribution >= 4 is 11.9 Å². The lowest BCUT2D eigenvalue weighted by Gasteiger charge is -2.17. The lowest BCUT2D eigenvalue weighted by Crippen LogP contribution is -2.26. The number of rotatable bonds is 7. The van der Waals surface area contributed by atoms with Crippen LogP contribution in [0.25, 0.3) is 0 Å². The average Bonchev–Trinajstić information content (AvgIpc) is 2.29. The Morgan fingerprint density at radius 3 is 2.83 bits per heavy atom. The van der Waals surface area contributed by atoms with Crippen molar-refractivity contribution in [1.82, 2.24) is 9.97 Å². The molecule has 6 heteroatoms. The summed E-state index contributed by atoms with van der Waals surface area (Å²) in [5.74, 6) is -0.575. The van der Waals surface area contributed by atoms with Crippen molar-refractivity contribution in [3.05, 3.63) is 17.5 Å². The molecule has 0 fully saturated rings. The Labute approximate surface area is 106 Å². The van der Waals surface area contributed by atoms with Crippen LogP contribution in [0.1, 0.15) is 35.8 Å². The SMILES string of the molecule is CCCC(COC)Nc1ncc(C(=O)O)c(C)n1. The van der Waals surface area contributed by atoms with E-state index in [1.807, 2.05) is 0 Å². The number of hydrogen-bond acceptors (Lipinski definition) is 5. The molecule has 1 unspecified atom stereocenters. The van der Waals surface area contributed by atoms with Crippen LogP contribution in [-0.2, 0) is 4.74 Å². The van der Waals surface area contributed by atoms with Gasteiger partial charge in [-0.1, -0.05) is 13.3 Å². The molecule has 0 saturated carbocycles. The molecule has 0 aromatic carbocycles. The van der Waals surface area contributed by atoms with Gasteiger partial charge in [0.1, 0.15) is 0 Å². The third kappa shape index (κ3) is 3.96. The number of aromatic carboxylic acids is 1. The van der Waals surface area contributed by atoms with E-state index >= 15 is 0 Å². The number of anilines is 1. The summed E-state index contributed by atoms with van der Waals surface area (Å²) >= 11 is 0. The van der Waals surface area contributed by atoms with Gasteiger partial charge in [0.25, 0.3) is 0 Å². The molecule has 1 heterocycles. The molecule has 0 aliphatic rings. The molecule has 0 amide bonds. The number of methoxy groups -OCH3 is 1. The van der Waals surface area contributed by atoms with Crippen LogP contribution in [0.15, 0.2) is 6.20 Å². The van der Waals surface area contributed by atoms with Crippen molar-refractivity contribution in [3.63, 3.8) is 0 Å². The fourth-order valence-corrected chi connectivity index (χ4v) is 1.68. The molecule has 1 atom stereocenters. The van der Waals surface area contributed by atoms with Gasteiger partial charge in [0.2, 0.25) is 5.95 Å². The van der Waals surface area contributed by atoms with Crippen LogP contribution in [0.4, 0.5) is 5.95 Å². The van der Waals surface area contributed by atoms with Gasteiger partial charge in [0, 0.05) is 13.3 Å². The first-order chi connectivity index (χ1) is 8.58. The minimum Gasteiger partial charge on any atom is -0.478 e. The van der Waals surface area contributed by atoms with E-state index in [1.54, 1.807) is 14.0 Å². The molecule has 1 aromatic rings. The number of nitrogens with zero attached hydrogens (tertiary/aromatic N) is 2. The summed E-state index contributed by atoms with van der Waals surface area (Å²) in [5.41, 5.74) is 0.576. The second-order valence-corrected chi connectivity index (χ2v) is 4.08. The third-order valence-corrected chi connectivity index (χ3v) is 2.55. The maximum absolute atomic E-state index is 10.8. The summed E-state index contributed by atoms with van der Waals surface area (Å²) in [4.78, 5) is 19.0. The summed E-state index contributed by atoms with van der Waals surface area (Å²) in [6.45, 7) is 4.31. The van der Waals surface area contributed by atoms with Crippen LogP contribution in [0.3, 0.4) is 0 Å². The highest BCUT2D eigenvalue weighted by Gasteiger charge is 2.12. The number of ether oxygens (including phenoxy) is 1. The van der Waals surface area contributed by atoms with Crippen LogP contribution < -0.4 is 5.32 Å². The fourth-order valence-electron chi connectivity index (χ4n) is 1.68. The zero-order valence-electron chi connectivity index (χ0n) is 10.9. The Balaban J connectivity index is 2.77. The Morgan fingerprint density at radius 2 is 2.33 bits per heavy atom. The predicted octanol–water partition coefficient (Wildman–Crippen LogP) is 1.71. The van der Waals surface area contributed by atoms with Gasteiger partial charge in [-0.25, -0.2) is 14.8 Å². The van der Waals surface area contributed by atoms with E-state index in [1.165, 1.54) is 6.20 Å². The Morgan fingerprint density at radius 1 is 1.61 bits per heavy atom. The summed E-state index contributed by atoms with van der Waals surface area (Å²) in [6.07, 6.45) is 3.28. The molecule has 2 N–H and O–H groups in total. The van der Waals surface area contributed by atoms with E-state index < -0.39 is 5.97 Å². The van der Waals surface area contributed by atoms with Crippen LogP contribution in [-0.4, -0.2) is 40.8 Å². The van der Waals surface area contributed by atoms with Gasteiger partial charge in [-0.2, -0.15) is 0 Å². The van der Waals surface area contributed by atoms with Gasteiger partial charge in [0.05, 0.1) is 23.9 Å². The van der Waals surface area contributed by atoms with Gasteiger partial charge in [-0.15, -0.1) is 0 Å². The molecule has 100 valence electrons. The van der Waals surface area contributed by atoms with Gasteiger partial charge >= 0.3 is 5.97 Å². The number of aryl methyl sites for hydroxylation is 1. The van der Waals surface area contributed by atoms with E-state index in [-0.39, 0.29) is 11.6 Å². The van der Waals surface area contributed by atoms with E-state index in [9.17, 15) is 4.79 Å². The van der Waals surface area contributed by atoms with E-state index in [4.69, 9.17) is 9.84 Å². The van der Waals surface area contributed by atoms with Crippen LogP contribution in [0.5, 0.6) is 0 Å². The topological polar surface area (TPSA) is 84.3 Å². The first-order valence-corrected chi connectivity index (χ1v) is 5.90. The second-order valence-electron chi connectivity index (χ2n) is 4.08. The van der Waals surface area contributed by atoms with Crippen molar-refractivity contribution in [3.8, 4) is 0 Å². The standard InChI is InChI=1S/C12H19N3O3/c1-4-5-9(7-18-3)15-12-13-6-10(11(16)17)8(2)14-12/h6,9H,4-5,7H2,1-3H3,(H,16,17)(H,13,14,15). The van der Waals surface area contributed by atoms with Crippen LogP contribution in [0, 0.1) is 6.92 Å². The lowest BCUT2D eigenvalue weighted by atomic mass is 10.2. The molecule has 0 aliphatic heterocycles. The molecule has 18 heavy (non-hydrogen) atoms. The predicted molar refractivity (Wildman–Crippen MR) is 67.9 cm³/mol. The quantitative estimate of drug-likeness (QED) is 0.769. The summed E-state index contributed by atoms with van der Waals surface area (Å²) < 4.78 is 5.11. The van der Waals surface area contributed by atoms with E-state index in [2.05, 4.69) is 22.2 Å². The highest BCUT2D eigenvalue weighted by Crippen LogP contribution is 2.10. The summed E-state index contributed by atoms with van der Waals surface area (Å²) in [6, 6.07) is 0.134. The van der Waals surface area contributed by atoms with Crippen molar-refractivity contribution < 1.29 is 14.6 Å². The Bertz CT molecular complexity index is 404. The second kappa shape index (κ2) is 6.90. The van der Waals surface area contributed by atoms with Crippen LogP contribution >= 0.6 is 0 Å². The van der Waals surface area contributed by atoms with E-state index in [0.717, 1.165) is 12.8 Å². The van der Waals surface area contributed by atoms with Gasteiger partial charge in [0.15, 0.2) is 0 Å². The molecule has 0 bridgehead atoms. The fraction of sp³-hybridized carbons (Fsp3) is 0.583. The third-order valence-electron chi connectivity index (χ3n) is 2.55. The highest BCUT2D eigenvalue weighted by atomic mass is 16.5. The zero-order chi connectivity index (χ0) is 13.5. The molecule has 6 nitrogen and oxygen atoms in total. The van der Waals surface area contributed by atoms with Crippen molar-refractivity contribution in [2.45, 2.75) is 32.7 Å². The molecular weight excluding hydrogens is 234 g/mol. The first kappa shape index (κ1) is 14.4. The maximum Gasteiger partial charge on any atom is 0.339 e. The zero-order valence-corrected chi connectivity index (χ0v) is 10.9. The van der Waals surface area contributed by atoms with Crippen LogP contribution in [0.2, 0.25) is 0 Å². The van der Waals surface area contributed by atoms with Gasteiger partial charge in [-0.3, -0.25) is 0 Å². The summed E-state index contributed by atoms with van der Waals surface area (Å²) in [5, 5.41) is 12.0. The monoisotopic (exact) mass is 253 g/mol. The highest BCUT2D eigenvalue weighted by molar-refractivity contribution is 5.88. The average molecular weight is 253 g/mol. The number of hydrogen-bond donors (Lipinski definition) is 2. The number of carbonyl (C=O) groups is 1. The molecule has 0 radical (unpaired) electrons. The summed E-state index contributed by atoms with van der Waals surface area (Å²) in [7, 11) is 1.64. The van der Waals surface area contributed by atoms with E-state index in [0.29, 0.717) is 18.2 Å². The minimum absolute atomic E-state index is 0.124. The maximum atomic E-state index is 10.8. The molecule has 1 aromatic heterocycles. The number of carboxylic acids is 1. The van der Waals surface area contributed by atoms with Crippen molar-refractivity contribution in [1.29, 1.82) is 0 Å². The number of aromatic nitrogens is 2. The van der Waals surface area contributed by atoms with Gasteiger partial charge < -0.3 is 15.2 Å². The lowest BCUT2D eigenvalue weighted by molar-refractivity contribution is 0.0695. The smallest absolute Gasteiger partial charge is 0.339 e. The van der Waals surface area contributed by atoms with Gasteiger partial charge in [-0.05, 0) is 13.3 Å². The molecule has 0 saturated heterocycles. The Hall–Kier alpha value is -1.69. The number of nitrogens with one attached hydrogen (secondary N) is 1.